The highest BCUT2D eigenvalue weighted by Crippen LogP contribution is 2.09. The zero-order valence-electron chi connectivity index (χ0n) is 12.5. The fourth-order valence-electron chi connectivity index (χ4n) is 1.91. The molecule has 0 aliphatic carbocycles. The Kier molecular flexibility index (Phi) is 7.17. The van der Waals surface area contributed by atoms with Crippen molar-refractivity contribution in [3.8, 4) is 0 Å². The average molecular weight is 279 g/mol. The first kappa shape index (κ1) is 16.3. The molecule has 0 N–H and O–H groups in total. The third-order valence-corrected chi connectivity index (χ3v) is 4.21. The van der Waals surface area contributed by atoms with Crippen molar-refractivity contribution >= 4 is 17.5 Å². The molecular formula is C16H25NOS. The summed E-state index contributed by atoms with van der Waals surface area (Å²) >= 11 is 1.86. The molecule has 0 fully saturated rings. The molecule has 0 bridgehead atoms. The number of benzene rings is 1. The van der Waals surface area contributed by atoms with Gasteiger partial charge in [0.25, 0.3) is 0 Å². The van der Waals surface area contributed by atoms with E-state index in [1.54, 1.807) is 0 Å². The second kappa shape index (κ2) is 8.39. The number of carbonyl (C=O) groups is 1. The smallest absolute Gasteiger partial charge is 0.176 e. The SMILES string of the molecule is CCc1ccc(C(=O)CN(C)C(C)CCSC)cc1. The van der Waals surface area contributed by atoms with E-state index in [9.17, 15) is 4.79 Å². The minimum Gasteiger partial charge on any atom is -0.296 e. The lowest BCUT2D eigenvalue weighted by Crippen LogP contribution is -2.34. The number of hydrogen-bond acceptors (Lipinski definition) is 3. The van der Waals surface area contributed by atoms with Gasteiger partial charge in [-0.15, -0.1) is 0 Å². The maximum absolute atomic E-state index is 12.2. The number of rotatable bonds is 8. The van der Waals surface area contributed by atoms with Gasteiger partial charge < -0.3 is 0 Å². The standard InChI is InChI=1S/C16H25NOS/c1-5-14-6-8-15(9-7-14)16(18)12-17(3)13(2)10-11-19-4/h6-9,13H,5,10-12H2,1-4H3. The molecule has 0 spiro atoms. The molecule has 3 heteroatoms. The van der Waals surface area contributed by atoms with E-state index in [4.69, 9.17) is 0 Å². The Bertz CT molecular complexity index is 388. The molecule has 1 rings (SSSR count). The van der Waals surface area contributed by atoms with E-state index >= 15 is 0 Å². The van der Waals surface area contributed by atoms with Crippen molar-refractivity contribution in [2.45, 2.75) is 32.7 Å². The van der Waals surface area contributed by atoms with Gasteiger partial charge in [-0.3, -0.25) is 9.69 Å². The molecule has 0 saturated carbocycles. The zero-order chi connectivity index (χ0) is 14.3. The molecule has 1 aromatic carbocycles. The van der Waals surface area contributed by atoms with Crippen molar-refractivity contribution in [1.82, 2.24) is 4.90 Å². The summed E-state index contributed by atoms with van der Waals surface area (Å²) in [6.07, 6.45) is 4.26. The Morgan fingerprint density at radius 2 is 1.95 bits per heavy atom. The molecule has 0 saturated heterocycles. The number of aryl methyl sites for hydroxylation is 1. The van der Waals surface area contributed by atoms with Crippen molar-refractivity contribution in [3.63, 3.8) is 0 Å². The maximum atomic E-state index is 12.2. The van der Waals surface area contributed by atoms with Crippen LogP contribution in [-0.4, -0.2) is 42.3 Å². The lowest BCUT2D eigenvalue weighted by atomic mass is 10.1. The summed E-state index contributed by atoms with van der Waals surface area (Å²) in [4.78, 5) is 14.3. The number of Topliss-reactive ketones (excluding diaryl/α,β-unsaturated/α-hetero) is 1. The molecule has 0 aliphatic heterocycles. The Hall–Kier alpha value is -0.800. The van der Waals surface area contributed by atoms with Crippen LogP contribution < -0.4 is 0 Å². The van der Waals surface area contributed by atoms with E-state index in [1.807, 2.05) is 43.1 Å². The highest BCUT2D eigenvalue weighted by atomic mass is 32.2. The van der Waals surface area contributed by atoms with Gasteiger partial charge in [0.2, 0.25) is 0 Å². The van der Waals surface area contributed by atoms with Gasteiger partial charge in [0.1, 0.15) is 0 Å². The van der Waals surface area contributed by atoms with E-state index in [2.05, 4.69) is 25.0 Å². The predicted octanol–water partition coefficient (Wildman–Crippen LogP) is 3.51. The summed E-state index contributed by atoms with van der Waals surface area (Å²) in [5.74, 6) is 1.35. The Morgan fingerprint density at radius 3 is 2.47 bits per heavy atom. The second-order valence-corrected chi connectivity index (χ2v) is 6.00. The third-order valence-electron chi connectivity index (χ3n) is 3.57. The lowest BCUT2D eigenvalue weighted by molar-refractivity contribution is 0.0923. The molecule has 106 valence electrons. The van der Waals surface area contributed by atoms with Crippen LogP contribution in [0.25, 0.3) is 0 Å². The van der Waals surface area contributed by atoms with Crippen LogP contribution in [0.2, 0.25) is 0 Å². The zero-order valence-corrected chi connectivity index (χ0v) is 13.3. The number of carbonyl (C=O) groups excluding carboxylic acids is 1. The van der Waals surface area contributed by atoms with Crippen LogP contribution in [-0.2, 0) is 6.42 Å². The molecule has 1 unspecified atom stereocenters. The molecule has 0 amide bonds. The van der Waals surface area contributed by atoms with Crippen LogP contribution in [0.15, 0.2) is 24.3 Å². The van der Waals surface area contributed by atoms with Gasteiger partial charge in [-0.2, -0.15) is 11.8 Å². The van der Waals surface area contributed by atoms with Crippen LogP contribution in [0.4, 0.5) is 0 Å². The van der Waals surface area contributed by atoms with Crippen LogP contribution in [0.5, 0.6) is 0 Å². The Balaban J connectivity index is 2.53. The monoisotopic (exact) mass is 279 g/mol. The van der Waals surface area contributed by atoms with E-state index in [1.165, 1.54) is 5.56 Å². The first-order valence-corrected chi connectivity index (χ1v) is 8.29. The molecule has 0 aromatic heterocycles. The molecule has 2 nitrogen and oxygen atoms in total. The van der Waals surface area contributed by atoms with Crippen molar-refractivity contribution in [2.75, 3.05) is 25.6 Å². The number of likely N-dealkylation sites (N-methyl/N-ethyl adjacent to an activating group) is 1. The molecule has 19 heavy (non-hydrogen) atoms. The van der Waals surface area contributed by atoms with Gasteiger partial charge in [-0.25, -0.2) is 0 Å². The van der Waals surface area contributed by atoms with Crippen LogP contribution in [0, 0.1) is 0 Å². The van der Waals surface area contributed by atoms with Gasteiger partial charge in [0.05, 0.1) is 6.54 Å². The first-order chi connectivity index (χ1) is 9.08. The lowest BCUT2D eigenvalue weighted by Gasteiger charge is -2.23. The van der Waals surface area contributed by atoms with Gasteiger partial charge in [0, 0.05) is 11.6 Å². The Morgan fingerprint density at radius 1 is 1.32 bits per heavy atom. The minimum atomic E-state index is 0.209. The van der Waals surface area contributed by atoms with Gasteiger partial charge in [0.15, 0.2) is 5.78 Å². The number of thioether (sulfide) groups is 1. The van der Waals surface area contributed by atoms with Crippen molar-refractivity contribution in [2.24, 2.45) is 0 Å². The summed E-state index contributed by atoms with van der Waals surface area (Å²) < 4.78 is 0. The molecule has 1 atom stereocenters. The van der Waals surface area contributed by atoms with Crippen molar-refractivity contribution < 1.29 is 4.79 Å². The maximum Gasteiger partial charge on any atom is 0.176 e. The average Bonchev–Trinajstić information content (AvgIpc) is 2.44. The summed E-state index contributed by atoms with van der Waals surface area (Å²) in [5.41, 5.74) is 2.10. The van der Waals surface area contributed by atoms with E-state index < -0.39 is 0 Å². The van der Waals surface area contributed by atoms with Gasteiger partial charge in [-0.05, 0) is 44.4 Å². The molecule has 0 aliphatic rings. The number of ketones is 1. The second-order valence-electron chi connectivity index (χ2n) is 5.02. The predicted molar refractivity (Wildman–Crippen MR) is 85.2 cm³/mol. The van der Waals surface area contributed by atoms with Crippen LogP contribution in [0.3, 0.4) is 0 Å². The topological polar surface area (TPSA) is 20.3 Å². The third kappa shape index (κ3) is 5.37. The quantitative estimate of drug-likeness (QED) is 0.679. The van der Waals surface area contributed by atoms with E-state index in [0.29, 0.717) is 12.6 Å². The highest BCUT2D eigenvalue weighted by Gasteiger charge is 2.14. The largest absolute Gasteiger partial charge is 0.296 e. The van der Waals surface area contributed by atoms with Gasteiger partial charge in [-0.1, -0.05) is 31.2 Å². The highest BCUT2D eigenvalue weighted by molar-refractivity contribution is 7.98. The van der Waals surface area contributed by atoms with E-state index in [0.717, 1.165) is 24.2 Å². The summed E-state index contributed by atoms with van der Waals surface area (Å²) in [6.45, 7) is 4.81. The normalized spacial score (nSPS) is 12.7. The Labute approximate surface area is 121 Å². The van der Waals surface area contributed by atoms with Crippen LogP contribution >= 0.6 is 11.8 Å². The first-order valence-electron chi connectivity index (χ1n) is 6.89. The number of hydrogen-bond donors (Lipinski definition) is 0. The summed E-state index contributed by atoms with van der Waals surface area (Å²) in [5, 5.41) is 0. The summed E-state index contributed by atoms with van der Waals surface area (Å²) in [6, 6.07) is 8.43. The fraction of sp³-hybridized carbons (Fsp3) is 0.562. The van der Waals surface area contributed by atoms with Gasteiger partial charge >= 0.3 is 0 Å². The molecule has 0 heterocycles. The van der Waals surface area contributed by atoms with Crippen molar-refractivity contribution in [1.29, 1.82) is 0 Å². The minimum absolute atomic E-state index is 0.209. The van der Waals surface area contributed by atoms with Crippen molar-refractivity contribution in [3.05, 3.63) is 35.4 Å². The number of nitrogens with zero attached hydrogens (tertiary/aromatic N) is 1. The fourth-order valence-corrected chi connectivity index (χ4v) is 2.49. The summed E-state index contributed by atoms with van der Waals surface area (Å²) in [7, 11) is 2.03. The molecular weight excluding hydrogens is 254 g/mol. The molecule has 1 aromatic rings. The van der Waals surface area contributed by atoms with Crippen LogP contribution in [0.1, 0.15) is 36.2 Å². The molecule has 0 radical (unpaired) electrons. The van der Waals surface area contributed by atoms with E-state index in [-0.39, 0.29) is 5.78 Å².